The summed E-state index contributed by atoms with van der Waals surface area (Å²) in [6.07, 6.45) is -0.380. The van der Waals surface area contributed by atoms with E-state index in [9.17, 15) is 13.2 Å². The van der Waals surface area contributed by atoms with E-state index in [2.05, 4.69) is 4.98 Å². The van der Waals surface area contributed by atoms with Gasteiger partial charge in [0.25, 0.3) is 0 Å². The van der Waals surface area contributed by atoms with Crippen LogP contribution in [0.2, 0.25) is 0 Å². The molecule has 0 spiro atoms. The van der Waals surface area contributed by atoms with Gasteiger partial charge in [0.1, 0.15) is 0 Å². The van der Waals surface area contributed by atoms with E-state index < -0.39 is 17.2 Å². The summed E-state index contributed by atoms with van der Waals surface area (Å²) in [5.74, 6) is 0. The molecule has 0 amide bonds. The molecule has 2 rings (SSSR count). The largest absolute Gasteiger partial charge is 0.416 e. The van der Waals surface area contributed by atoms with Crippen LogP contribution in [0.25, 0.3) is 0 Å². The SMILES string of the molecule is N#CC1(c2cnccc2C(F)(F)F)CCC1. The van der Waals surface area contributed by atoms with Gasteiger partial charge in [-0.25, -0.2) is 0 Å². The van der Waals surface area contributed by atoms with E-state index in [4.69, 9.17) is 5.26 Å². The first-order valence-corrected chi connectivity index (χ1v) is 4.92. The zero-order valence-electron chi connectivity index (χ0n) is 8.38. The molecule has 16 heavy (non-hydrogen) atoms. The Hall–Kier alpha value is -1.57. The molecule has 0 aliphatic heterocycles. The molecule has 84 valence electrons. The summed E-state index contributed by atoms with van der Waals surface area (Å²) in [7, 11) is 0. The molecule has 0 atom stereocenters. The van der Waals surface area contributed by atoms with Crippen LogP contribution in [0.5, 0.6) is 0 Å². The molecule has 1 aliphatic rings. The normalized spacial score (nSPS) is 18.6. The van der Waals surface area contributed by atoms with Crippen molar-refractivity contribution in [1.82, 2.24) is 4.98 Å². The van der Waals surface area contributed by atoms with E-state index in [0.29, 0.717) is 12.8 Å². The molecule has 0 aromatic carbocycles. The third-order valence-electron chi connectivity index (χ3n) is 3.06. The van der Waals surface area contributed by atoms with Crippen molar-refractivity contribution in [2.45, 2.75) is 30.9 Å². The Morgan fingerprint density at radius 2 is 2.06 bits per heavy atom. The average molecular weight is 226 g/mol. The fourth-order valence-electron chi connectivity index (χ4n) is 1.99. The number of nitriles is 1. The highest BCUT2D eigenvalue weighted by Gasteiger charge is 2.45. The maximum Gasteiger partial charge on any atom is 0.416 e. The average Bonchev–Trinajstić information content (AvgIpc) is 2.16. The van der Waals surface area contributed by atoms with Gasteiger partial charge in [-0.15, -0.1) is 0 Å². The molecule has 0 radical (unpaired) electrons. The van der Waals surface area contributed by atoms with Gasteiger partial charge in [0, 0.05) is 18.0 Å². The summed E-state index contributed by atoms with van der Waals surface area (Å²) in [4.78, 5) is 3.70. The van der Waals surface area contributed by atoms with Crippen LogP contribution < -0.4 is 0 Å². The Bertz CT molecular complexity index is 441. The van der Waals surface area contributed by atoms with Gasteiger partial charge in [0.05, 0.1) is 17.0 Å². The van der Waals surface area contributed by atoms with Gasteiger partial charge in [-0.1, -0.05) is 0 Å². The minimum Gasteiger partial charge on any atom is -0.264 e. The second-order valence-electron chi connectivity index (χ2n) is 3.97. The number of halogens is 3. The monoisotopic (exact) mass is 226 g/mol. The predicted octanol–water partition coefficient (Wildman–Crippen LogP) is 3.05. The van der Waals surface area contributed by atoms with Gasteiger partial charge in [-0.3, -0.25) is 4.98 Å². The van der Waals surface area contributed by atoms with Gasteiger partial charge < -0.3 is 0 Å². The number of hydrogen-bond donors (Lipinski definition) is 0. The smallest absolute Gasteiger partial charge is 0.264 e. The second kappa shape index (κ2) is 3.48. The fourth-order valence-corrected chi connectivity index (χ4v) is 1.99. The van der Waals surface area contributed by atoms with Crippen LogP contribution in [0.3, 0.4) is 0 Å². The van der Waals surface area contributed by atoms with E-state index in [1.54, 1.807) is 0 Å². The zero-order valence-corrected chi connectivity index (χ0v) is 8.38. The highest BCUT2D eigenvalue weighted by molar-refractivity contribution is 5.40. The van der Waals surface area contributed by atoms with Crippen LogP contribution in [0.15, 0.2) is 18.5 Å². The lowest BCUT2D eigenvalue weighted by Crippen LogP contribution is -2.34. The lowest BCUT2D eigenvalue weighted by atomic mass is 9.65. The molecule has 5 heteroatoms. The molecule has 1 aliphatic carbocycles. The molecular weight excluding hydrogens is 217 g/mol. The van der Waals surface area contributed by atoms with Gasteiger partial charge in [-0.05, 0) is 25.3 Å². The molecule has 0 bridgehead atoms. The maximum atomic E-state index is 12.7. The van der Waals surface area contributed by atoms with Crippen molar-refractivity contribution >= 4 is 0 Å². The summed E-state index contributed by atoms with van der Waals surface area (Å²) in [6.45, 7) is 0. The zero-order chi connectivity index (χ0) is 11.8. The number of hydrogen-bond acceptors (Lipinski definition) is 2. The van der Waals surface area contributed by atoms with Crippen molar-refractivity contribution in [2.24, 2.45) is 0 Å². The molecule has 1 saturated carbocycles. The third kappa shape index (κ3) is 1.54. The van der Waals surface area contributed by atoms with Gasteiger partial charge in [-0.2, -0.15) is 18.4 Å². The molecule has 2 nitrogen and oxygen atoms in total. The van der Waals surface area contributed by atoms with E-state index in [1.165, 1.54) is 6.20 Å². The van der Waals surface area contributed by atoms with Crippen molar-refractivity contribution in [3.63, 3.8) is 0 Å². The van der Waals surface area contributed by atoms with E-state index >= 15 is 0 Å². The second-order valence-corrected chi connectivity index (χ2v) is 3.97. The third-order valence-corrected chi connectivity index (χ3v) is 3.06. The first-order chi connectivity index (χ1) is 7.49. The number of nitrogens with zero attached hydrogens (tertiary/aromatic N) is 2. The van der Waals surface area contributed by atoms with E-state index in [0.717, 1.165) is 18.7 Å². The first kappa shape index (κ1) is 10.9. The van der Waals surface area contributed by atoms with Crippen molar-refractivity contribution < 1.29 is 13.2 Å². The highest BCUT2D eigenvalue weighted by Crippen LogP contribution is 2.47. The summed E-state index contributed by atoms with van der Waals surface area (Å²) in [6, 6.07) is 2.94. The summed E-state index contributed by atoms with van der Waals surface area (Å²) >= 11 is 0. The van der Waals surface area contributed by atoms with Crippen LogP contribution in [0.4, 0.5) is 13.2 Å². The molecule has 0 N–H and O–H groups in total. The predicted molar refractivity (Wildman–Crippen MR) is 50.4 cm³/mol. The minimum atomic E-state index is -4.42. The Balaban J connectivity index is 2.54. The van der Waals surface area contributed by atoms with E-state index in [1.807, 2.05) is 6.07 Å². The Morgan fingerprint density at radius 1 is 1.38 bits per heavy atom. The highest BCUT2D eigenvalue weighted by atomic mass is 19.4. The quantitative estimate of drug-likeness (QED) is 0.737. The Kier molecular flexibility index (Phi) is 2.38. The van der Waals surface area contributed by atoms with Crippen molar-refractivity contribution in [3.8, 4) is 6.07 Å². The van der Waals surface area contributed by atoms with Crippen molar-refractivity contribution in [3.05, 3.63) is 29.6 Å². The van der Waals surface area contributed by atoms with Crippen molar-refractivity contribution in [2.75, 3.05) is 0 Å². The number of alkyl halides is 3. The van der Waals surface area contributed by atoms with Gasteiger partial charge in [0.15, 0.2) is 0 Å². The molecule has 1 aromatic rings. The van der Waals surface area contributed by atoms with E-state index in [-0.39, 0.29) is 5.56 Å². The first-order valence-electron chi connectivity index (χ1n) is 4.92. The van der Waals surface area contributed by atoms with Crippen LogP contribution in [-0.2, 0) is 11.6 Å². The molecule has 1 heterocycles. The van der Waals surface area contributed by atoms with Crippen LogP contribution in [0.1, 0.15) is 30.4 Å². The molecule has 1 fully saturated rings. The van der Waals surface area contributed by atoms with Gasteiger partial charge in [0.2, 0.25) is 0 Å². The standard InChI is InChI=1S/C11H9F3N2/c12-11(13,14)8-2-5-16-6-9(8)10(7-15)3-1-4-10/h2,5-6H,1,3-4H2. The maximum absolute atomic E-state index is 12.7. The summed E-state index contributed by atoms with van der Waals surface area (Å²) in [5, 5.41) is 9.04. The number of rotatable bonds is 1. The summed E-state index contributed by atoms with van der Waals surface area (Å²) < 4.78 is 38.2. The number of aromatic nitrogens is 1. The van der Waals surface area contributed by atoms with Crippen LogP contribution in [0, 0.1) is 11.3 Å². The van der Waals surface area contributed by atoms with Gasteiger partial charge >= 0.3 is 6.18 Å². The molecule has 0 unspecified atom stereocenters. The topological polar surface area (TPSA) is 36.7 Å². The van der Waals surface area contributed by atoms with Crippen LogP contribution >= 0.6 is 0 Å². The van der Waals surface area contributed by atoms with Crippen LogP contribution in [-0.4, -0.2) is 4.98 Å². The minimum absolute atomic E-state index is 0.0243. The molecular formula is C11H9F3N2. The molecule has 0 saturated heterocycles. The Morgan fingerprint density at radius 3 is 2.50 bits per heavy atom. The lowest BCUT2D eigenvalue weighted by molar-refractivity contribution is -0.139. The fraction of sp³-hybridized carbons (Fsp3) is 0.455. The molecule has 1 aromatic heterocycles. The Labute approximate surface area is 90.7 Å². The summed E-state index contributed by atoms with van der Waals surface area (Å²) in [5.41, 5.74) is -1.68. The lowest BCUT2D eigenvalue weighted by Gasteiger charge is -2.36. The van der Waals surface area contributed by atoms with Crippen molar-refractivity contribution in [1.29, 1.82) is 5.26 Å². The number of pyridine rings is 1.